The Kier molecular flexibility index (Phi) is 25.8. The number of rotatable bonds is 36. The van der Waals surface area contributed by atoms with Crippen LogP contribution in [0.25, 0.3) is 11.4 Å². The number of carbonyl (C=O) groups excluding carboxylic acids is 2. The van der Waals surface area contributed by atoms with Crippen LogP contribution in [0.15, 0.2) is 35.4 Å². The summed E-state index contributed by atoms with van der Waals surface area (Å²) in [6, 6.07) is 11.3. The molecular weight excluding hydrogens is 1270 g/mol. The van der Waals surface area contributed by atoms with E-state index < -0.39 is 87.1 Å². The molecule has 74 heavy (non-hydrogen) atoms. The van der Waals surface area contributed by atoms with Crippen molar-refractivity contribution in [2.45, 2.75) is 249 Å². The molecule has 0 aliphatic carbocycles. The Hall–Kier alpha value is 0.559. The molecule has 0 radical (unpaired) electrons. The second kappa shape index (κ2) is 28.5. The summed E-state index contributed by atoms with van der Waals surface area (Å²) in [4.78, 5) is 51.2. The summed E-state index contributed by atoms with van der Waals surface area (Å²) < 4.78 is 29.9. The van der Waals surface area contributed by atoms with Gasteiger partial charge in [0.25, 0.3) is 0 Å². The Morgan fingerprint density at radius 3 is 0.851 bits per heavy atom. The molecule has 18 heteroatoms. The molecule has 0 saturated heterocycles. The Bertz CT molecular complexity index is 2010. The zero-order chi connectivity index (χ0) is 55.6. The molecule has 0 aromatic carbocycles. The summed E-state index contributed by atoms with van der Waals surface area (Å²) >= 11 is -1.15. The normalized spacial score (nSPS) is 15.8. The van der Waals surface area contributed by atoms with Crippen LogP contribution < -0.4 is 5.79 Å². The van der Waals surface area contributed by atoms with Gasteiger partial charge in [-0.1, -0.05) is 38.5 Å². The van der Waals surface area contributed by atoms with Crippen LogP contribution in [0.5, 0.6) is 0 Å². The Balaban J connectivity index is 1.38. The van der Waals surface area contributed by atoms with Gasteiger partial charge in [0, 0.05) is 0 Å². The zero-order valence-electron chi connectivity index (χ0n) is 51.0. The van der Waals surface area contributed by atoms with Gasteiger partial charge in [-0.25, -0.2) is 0 Å². The number of hydrogen-bond donors (Lipinski definition) is 0. The van der Waals surface area contributed by atoms with Crippen molar-refractivity contribution in [3.8, 4) is 0 Å². The SMILES string of the molecule is C[Si](C)(C)O[Si](C)(CCCCCCCCCCCN1C(=O)C2=C(c3cc[c]([Sn]([CH3])([CH3])[CH3])s3)N(CCCCCCCCCCC[Si](C)(O[Si](C)(C)C)O[Si](C)(C)C)C(=O)C2=C1c1cc[c]([Sn]([CH3])([CH3])[CH3])s1)O[Si](C)(C)C. The summed E-state index contributed by atoms with van der Waals surface area (Å²) in [5, 5.41) is 0. The number of thiophene rings is 2. The zero-order valence-corrected chi connectivity index (χ0v) is 64.4. The van der Waals surface area contributed by atoms with Crippen LogP contribution in [-0.2, 0) is 26.0 Å². The predicted molar refractivity (Wildman–Crippen MR) is 346 cm³/mol. The summed E-state index contributed by atoms with van der Waals surface area (Å²) in [7, 11) is -11.0. The largest absolute Gasteiger partial charge is 0.437 e. The van der Waals surface area contributed by atoms with Crippen LogP contribution in [0.4, 0.5) is 0 Å². The van der Waals surface area contributed by atoms with E-state index in [2.05, 4.69) is 146 Å². The first-order valence-electron chi connectivity index (χ1n) is 29.2. The van der Waals surface area contributed by atoms with E-state index in [1.807, 2.05) is 32.5 Å². The average molecular weight is 1380 g/mol. The summed E-state index contributed by atoms with van der Waals surface area (Å²) in [6.45, 7) is 33.5. The molecule has 4 heterocycles. The summed E-state index contributed by atoms with van der Waals surface area (Å²) in [5.41, 5.74) is 3.11. The average Bonchev–Trinajstić information content (AvgIpc) is 4.01. The quantitative estimate of drug-likeness (QED) is 0.0500. The Morgan fingerprint density at radius 2 is 0.622 bits per heavy atom. The fourth-order valence-electron chi connectivity index (χ4n) is 10.8. The van der Waals surface area contributed by atoms with Gasteiger partial charge in [0.2, 0.25) is 0 Å². The van der Waals surface area contributed by atoms with E-state index in [1.54, 1.807) is 0 Å². The van der Waals surface area contributed by atoms with Crippen LogP contribution in [0.3, 0.4) is 0 Å². The molecule has 2 aliphatic rings. The fraction of sp³-hybridized carbons (Fsp3) is 0.750. The van der Waals surface area contributed by atoms with Crippen molar-refractivity contribution in [1.82, 2.24) is 9.80 Å². The van der Waals surface area contributed by atoms with Crippen LogP contribution >= 0.6 is 22.7 Å². The maximum atomic E-state index is 15.1. The molecule has 0 spiro atoms. The molecule has 2 aromatic rings. The van der Waals surface area contributed by atoms with E-state index in [9.17, 15) is 0 Å². The molecule has 0 unspecified atom stereocenters. The van der Waals surface area contributed by atoms with Gasteiger partial charge in [-0.2, -0.15) is 0 Å². The fourth-order valence-corrected chi connectivity index (χ4v) is 48.7. The minimum Gasteiger partial charge on any atom is -0.437 e. The van der Waals surface area contributed by atoms with Gasteiger partial charge in [-0.3, -0.25) is 0 Å². The van der Waals surface area contributed by atoms with Gasteiger partial charge in [-0.05, 0) is 104 Å². The van der Waals surface area contributed by atoms with E-state index in [4.69, 9.17) is 16.5 Å². The molecule has 0 N–H and O–H groups in total. The van der Waals surface area contributed by atoms with Crippen molar-refractivity contribution in [2.75, 3.05) is 13.1 Å². The second-order valence-electron chi connectivity index (χ2n) is 28.2. The monoisotopic (exact) mass is 1380 g/mol. The van der Waals surface area contributed by atoms with Gasteiger partial charge >= 0.3 is 290 Å². The molecular formula is C56H108N2O6S2Si6Sn2. The molecule has 2 amide bonds. The van der Waals surface area contributed by atoms with E-state index >= 15 is 9.59 Å². The van der Waals surface area contributed by atoms with Crippen molar-refractivity contribution < 1.29 is 26.0 Å². The van der Waals surface area contributed by atoms with Gasteiger partial charge in [-0.15, -0.1) is 0 Å². The number of unbranched alkanes of at least 4 members (excludes halogenated alkanes) is 16. The summed E-state index contributed by atoms with van der Waals surface area (Å²) in [5.74, 6) is 0.0705. The van der Waals surface area contributed by atoms with Crippen molar-refractivity contribution in [3.05, 3.63) is 45.2 Å². The van der Waals surface area contributed by atoms with Crippen molar-refractivity contribution in [2.24, 2.45) is 0 Å². The van der Waals surface area contributed by atoms with E-state index in [-0.39, 0.29) is 11.8 Å². The number of hydrogen-bond acceptors (Lipinski definition) is 8. The summed E-state index contributed by atoms with van der Waals surface area (Å²) in [6.07, 6.45) is 21.4. The molecule has 0 saturated carbocycles. The first-order valence-corrected chi connectivity index (χ1v) is 69.5. The van der Waals surface area contributed by atoms with E-state index in [0.29, 0.717) is 24.2 Å². The first kappa shape index (κ1) is 67.1. The second-order valence-corrected chi connectivity index (χ2v) is 86.9. The minimum absolute atomic E-state index is 0.0353. The van der Waals surface area contributed by atoms with Crippen LogP contribution in [0, 0.1) is 0 Å². The van der Waals surface area contributed by atoms with Gasteiger partial charge in [0.15, 0.2) is 33.3 Å². The third-order valence-electron chi connectivity index (χ3n) is 13.5. The first-order chi connectivity index (χ1) is 34.0. The smallest absolute Gasteiger partial charge is 0.172 e. The maximum Gasteiger partial charge on any atom is 0.172 e. The van der Waals surface area contributed by atoms with Gasteiger partial charge < -0.3 is 16.5 Å². The Labute approximate surface area is 477 Å². The molecule has 0 fully saturated rings. The third-order valence-corrected chi connectivity index (χ3v) is 53.8. The molecule has 8 nitrogen and oxygen atoms in total. The van der Waals surface area contributed by atoms with Crippen molar-refractivity contribution in [1.29, 1.82) is 0 Å². The topological polar surface area (TPSA) is 77.5 Å². The van der Waals surface area contributed by atoms with Gasteiger partial charge in [0.05, 0.1) is 0 Å². The van der Waals surface area contributed by atoms with Crippen LogP contribution in [-0.4, -0.2) is 122 Å². The number of fused-ring (bicyclic) bond motifs is 1. The molecule has 422 valence electrons. The molecule has 0 bridgehead atoms. The molecule has 2 aliphatic heterocycles. The van der Waals surface area contributed by atoms with Crippen LogP contribution in [0.2, 0.25) is 133 Å². The van der Waals surface area contributed by atoms with E-state index in [0.717, 1.165) is 58.9 Å². The number of carbonyl (C=O) groups is 2. The standard InChI is InChI=1S/C50H90N2O6S2Si6.6CH3.2Sn/c1-61(2,3)55-65(13,56-62(4,5)6)41-31-27-23-19-15-17-21-25-29-37-51-47(43-35-33-39-59-43)45-46(49(51)53)48(44-36-34-40-60-44)52(50(45)54)38-30-26-22-18-16-20-24-28-32-42-66(14,57-63(7,8)9)58-64(10,11)12;;;;;;;;/h33-36H,15-32,37-38,41-42H2,1-14H3;6*1H3;;. The van der Waals surface area contributed by atoms with Crippen molar-refractivity contribution in [3.63, 3.8) is 0 Å². The number of amides is 2. The van der Waals surface area contributed by atoms with E-state index in [1.165, 1.54) is 95.7 Å². The Morgan fingerprint density at radius 1 is 0.378 bits per heavy atom. The minimum atomic E-state index is -2.42. The molecule has 2 aromatic heterocycles. The van der Waals surface area contributed by atoms with Crippen LogP contribution in [0.1, 0.15) is 125 Å². The molecule has 4 rings (SSSR count). The van der Waals surface area contributed by atoms with Crippen molar-refractivity contribution >= 4 is 139 Å². The van der Waals surface area contributed by atoms with Gasteiger partial charge in [0.1, 0.15) is 0 Å². The molecule has 0 atom stereocenters. The predicted octanol–water partition coefficient (Wildman–Crippen LogP) is 17.3. The third kappa shape index (κ3) is 22.5. The number of nitrogens with zero attached hydrogens (tertiary/aromatic N) is 2. The maximum absolute atomic E-state index is 15.1.